The maximum atomic E-state index is 12.2. The zero-order valence-corrected chi connectivity index (χ0v) is 15.8. The smallest absolute Gasteiger partial charge is 0.331 e. The standard InChI is InChI=1S/C21H20N2O5/c1-14(21(25)23-17-9-10-18(26-2)19(12-17)27-3)28-20(24)11-8-15-4-6-16(13-22)7-5-15/h4-12,14H,1-3H3,(H,23,25)/b11-8+/t14-/m0/s1. The van der Waals surface area contributed by atoms with Crippen LogP contribution < -0.4 is 14.8 Å². The highest BCUT2D eigenvalue weighted by molar-refractivity contribution is 5.96. The molecule has 0 saturated heterocycles. The Morgan fingerprint density at radius 1 is 1.07 bits per heavy atom. The van der Waals surface area contributed by atoms with Gasteiger partial charge in [0.05, 0.1) is 25.9 Å². The van der Waals surface area contributed by atoms with Gasteiger partial charge in [-0.2, -0.15) is 5.26 Å². The second-order valence-electron chi connectivity index (χ2n) is 5.71. The van der Waals surface area contributed by atoms with Gasteiger partial charge in [0.25, 0.3) is 5.91 Å². The molecule has 0 aliphatic heterocycles. The number of ether oxygens (including phenoxy) is 3. The van der Waals surface area contributed by atoms with Crippen LogP contribution in [-0.2, 0) is 14.3 Å². The Labute approximate surface area is 163 Å². The molecule has 7 nitrogen and oxygen atoms in total. The van der Waals surface area contributed by atoms with Gasteiger partial charge in [-0.1, -0.05) is 12.1 Å². The number of amides is 1. The number of hydrogen-bond donors (Lipinski definition) is 1. The van der Waals surface area contributed by atoms with Gasteiger partial charge in [-0.25, -0.2) is 4.79 Å². The lowest BCUT2D eigenvalue weighted by Crippen LogP contribution is -2.29. The normalized spacial score (nSPS) is 11.4. The summed E-state index contributed by atoms with van der Waals surface area (Å²) in [5.74, 6) is -0.130. The van der Waals surface area contributed by atoms with Gasteiger partial charge in [0.1, 0.15) is 0 Å². The van der Waals surface area contributed by atoms with E-state index in [2.05, 4.69) is 5.32 Å². The van der Waals surface area contributed by atoms with E-state index in [4.69, 9.17) is 19.5 Å². The van der Waals surface area contributed by atoms with Crippen molar-refractivity contribution in [1.82, 2.24) is 0 Å². The number of nitriles is 1. The number of carbonyl (C=O) groups excluding carboxylic acids is 2. The number of rotatable bonds is 7. The fourth-order valence-electron chi connectivity index (χ4n) is 2.26. The van der Waals surface area contributed by atoms with Crippen molar-refractivity contribution in [3.05, 3.63) is 59.7 Å². The largest absolute Gasteiger partial charge is 0.493 e. The fourth-order valence-corrected chi connectivity index (χ4v) is 2.26. The molecule has 0 radical (unpaired) electrons. The first-order valence-corrected chi connectivity index (χ1v) is 8.38. The van der Waals surface area contributed by atoms with Gasteiger partial charge in [0.15, 0.2) is 17.6 Å². The van der Waals surface area contributed by atoms with Crippen LogP contribution in [0.3, 0.4) is 0 Å². The van der Waals surface area contributed by atoms with E-state index in [0.29, 0.717) is 22.7 Å². The Kier molecular flexibility index (Phi) is 7.17. The molecule has 0 aliphatic carbocycles. The summed E-state index contributed by atoms with van der Waals surface area (Å²) < 4.78 is 15.4. The maximum absolute atomic E-state index is 12.2. The van der Waals surface area contributed by atoms with E-state index in [1.807, 2.05) is 6.07 Å². The first-order valence-electron chi connectivity index (χ1n) is 8.38. The summed E-state index contributed by atoms with van der Waals surface area (Å²) in [6.07, 6.45) is 1.77. The number of nitrogens with one attached hydrogen (secondary N) is 1. The van der Waals surface area contributed by atoms with Gasteiger partial charge in [0, 0.05) is 17.8 Å². The van der Waals surface area contributed by atoms with Crippen LogP contribution in [0.5, 0.6) is 11.5 Å². The van der Waals surface area contributed by atoms with E-state index >= 15 is 0 Å². The molecule has 0 bridgehead atoms. The molecule has 28 heavy (non-hydrogen) atoms. The third-order valence-electron chi connectivity index (χ3n) is 3.76. The van der Waals surface area contributed by atoms with Crippen LogP contribution in [0.1, 0.15) is 18.1 Å². The van der Waals surface area contributed by atoms with E-state index in [0.717, 1.165) is 5.56 Å². The quantitative estimate of drug-likeness (QED) is 0.585. The maximum Gasteiger partial charge on any atom is 0.331 e. The fraction of sp³-hybridized carbons (Fsp3) is 0.190. The van der Waals surface area contributed by atoms with Gasteiger partial charge in [-0.05, 0) is 42.8 Å². The van der Waals surface area contributed by atoms with Gasteiger partial charge in [-0.15, -0.1) is 0 Å². The summed E-state index contributed by atoms with van der Waals surface area (Å²) in [6.45, 7) is 1.48. The first-order chi connectivity index (χ1) is 13.5. The molecular weight excluding hydrogens is 360 g/mol. The van der Waals surface area contributed by atoms with E-state index in [1.165, 1.54) is 27.2 Å². The molecule has 0 unspecified atom stereocenters. The number of esters is 1. The number of methoxy groups -OCH3 is 2. The predicted molar refractivity (Wildman–Crippen MR) is 104 cm³/mol. The second kappa shape index (κ2) is 9.78. The van der Waals surface area contributed by atoms with Crippen molar-refractivity contribution >= 4 is 23.6 Å². The first kappa shape index (κ1) is 20.5. The monoisotopic (exact) mass is 380 g/mol. The molecule has 2 aromatic rings. The van der Waals surface area contributed by atoms with Crippen LogP contribution in [0.25, 0.3) is 6.08 Å². The Bertz CT molecular complexity index is 913. The summed E-state index contributed by atoms with van der Waals surface area (Å²) >= 11 is 0. The van der Waals surface area contributed by atoms with E-state index in [1.54, 1.807) is 48.5 Å². The molecule has 1 atom stereocenters. The zero-order chi connectivity index (χ0) is 20.5. The molecule has 0 aliphatic rings. The molecule has 7 heteroatoms. The van der Waals surface area contributed by atoms with Gasteiger partial charge < -0.3 is 19.5 Å². The van der Waals surface area contributed by atoms with Crippen molar-refractivity contribution in [1.29, 1.82) is 5.26 Å². The highest BCUT2D eigenvalue weighted by Crippen LogP contribution is 2.29. The van der Waals surface area contributed by atoms with E-state index in [-0.39, 0.29) is 0 Å². The van der Waals surface area contributed by atoms with Crippen LogP contribution in [0, 0.1) is 11.3 Å². The Morgan fingerprint density at radius 3 is 2.36 bits per heavy atom. The lowest BCUT2D eigenvalue weighted by Gasteiger charge is -2.14. The summed E-state index contributed by atoms with van der Waals surface area (Å²) in [7, 11) is 3.01. The van der Waals surface area contributed by atoms with Crippen LogP contribution in [0.2, 0.25) is 0 Å². The van der Waals surface area contributed by atoms with Crippen LogP contribution in [-0.4, -0.2) is 32.2 Å². The van der Waals surface area contributed by atoms with Crippen molar-refractivity contribution in [2.24, 2.45) is 0 Å². The molecule has 0 aromatic heterocycles. The van der Waals surface area contributed by atoms with Gasteiger partial charge >= 0.3 is 5.97 Å². The van der Waals surface area contributed by atoms with E-state index in [9.17, 15) is 9.59 Å². The third-order valence-corrected chi connectivity index (χ3v) is 3.76. The van der Waals surface area contributed by atoms with Crippen molar-refractivity contribution < 1.29 is 23.8 Å². The summed E-state index contributed by atoms with van der Waals surface area (Å²) in [5, 5.41) is 11.4. The van der Waals surface area contributed by atoms with Crippen molar-refractivity contribution in [3.8, 4) is 17.6 Å². The minimum absolute atomic E-state index is 0.468. The average Bonchev–Trinajstić information content (AvgIpc) is 2.72. The lowest BCUT2D eigenvalue weighted by molar-refractivity contribution is -0.148. The van der Waals surface area contributed by atoms with Crippen LogP contribution in [0.4, 0.5) is 5.69 Å². The second-order valence-corrected chi connectivity index (χ2v) is 5.71. The van der Waals surface area contributed by atoms with Crippen molar-refractivity contribution in [3.63, 3.8) is 0 Å². The highest BCUT2D eigenvalue weighted by atomic mass is 16.5. The minimum Gasteiger partial charge on any atom is -0.493 e. The third kappa shape index (κ3) is 5.61. The number of carbonyl (C=O) groups is 2. The molecule has 0 heterocycles. The lowest BCUT2D eigenvalue weighted by atomic mass is 10.1. The highest BCUT2D eigenvalue weighted by Gasteiger charge is 2.17. The molecule has 0 spiro atoms. The van der Waals surface area contributed by atoms with Crippen LogP contribution in [0.15, 0.2) is 48.5 Å². The topological polar surface area (TPSA) is 97.6 Å². The Balaban J connectivity index is 1.93. The molecule has 2 aromatic carbocycles. The molecular formula is C21H20N2O5. The van der Waals surface area contributed by atoms with Crippen LogP contribution >= 0.6 is 0 Å². The zero-order valence-electron chi connectivity index (χ0n) is 15.8. The molecule has 2 rings (SSSR count). The number of hydrogen-bond acceptors (Lipinski definition) is 6. The molecule has 1 amide bonds. The number of benzene rings is 2. The number of nitrogens with zero attached hydrogens (tertiary/aromatic N) is 1. The summed E-state index contributed by atoms with van der Waals surface area (Å²) in [5.41, 5.74) is 1.75. The van der Waals surface area contributed by atoms with Crippen molar-refractivity contribution in [2.75, 3.05) is 19.5 Å². The molecule has 1 N–H and O–H groups in total. The predicted octanol–water partition coefficient (Wildman–Crippen LogP) is 3.16. The average molecular weight is 380 g/mol. The minimum atomic E-state index is -0.994. The van der Waals surface area contributed by atoms with Gasteiger partial charge in [0.2, 0.25) is 0 Å². The Morgan fingerprint density at radius 2 is 1.75 bits per heavy atom. The van der Waals surface area contributed by atoms with Crippen molar-refractivity contribution in [2.45, 2.75) is 13.0 Å². The van der Waals surface area contributed by atoms with E-state index < -0.39 is 18.0 Å². The number of anilines is 1. The molecule has 0 saturated carbocycles. The summed E-state index contributed by atoms with van der Waals surface area (Å²) in [6, 6.07) is 13.6. The summed E-state index contributed by atoms with van der Waals surface area (Å²) in [4.78, 5) is 24.1. The van der Waals surface area contributed by atoms with Gasteiger partial charge in [-0.3, -0.25) is 4.79 Å². The molecule has 144 valence electrons. The Hall–Kier alpha value is -3.79. The molecule has 0 fully saturated rings. The SMILES string of the molecule is COc1ccc(NC(=O)[C@H](C)OC(=O)/C=C/c2ccc(C#N)cc2)cc1OC.